The number of likely N-dealkylation sites (N-methyl/N-ethyl adjacent to an activating group) is 1. The van der Waals surface area contributed by atoms with E-state index in [2.05, 4.69) is 5.32 Å². The van der Waals surface area contributed by atoms with E-state index < -0.39 is 18.1 Å². The number of carboxylic acids is 1. The van der Waals surface area contributed by atoms with Crippen molar-refractivity contribution < 1.29 is 15.0 Å². The van der Waals surface area contributed by atoms with Crippen LogP contribution >= 0.6 is 0 Å². The van der Waals surface area contributed by atoms with Gasteiger partial charge in [0.05, 0.1) is 6.10 Å². The highest BCUT2D eigenvalue weighted by molar-refractivity contribution is 5.73. The van der Waals surface area contributed by atoms with Gasteiger partial charge in [-0.15, -0.1) is 0 Å². The Labute approximate surface area is 100 Å². The Hall–Kier alpha value is -1.43. The van der Waals surface area contributed by atoms with Crippen LogP contribution in [0.4, 0.5) is 0 Å². The van der Waals surface area contributed by atoms with Crippen LogP contribution in [0, 0.1) is 0 Å². The number of rotatable bonds is 6. The Balaban J connectivity index is 2.64. The molecule has 5 N–H and O–H groups in total. The first-order chi connectivity index (χ1) is 8.04. The van der Waals surface area contributed by atoms with Gasteiger partial charge in [0.25, 0.3) is 0 Å². The minimum absolute atomic E-state index is 0.289. The number of nitrogens with one attached hydrogen (secondary N) is 1. The smallest absolute Gasteiger partial charge is 0.320 e. The maximum Gasteiger partial charge on any atom is 0.320 e. The molecule has 0 heterocycles. The van der Waals surface area contributed by atoms with Gasteiger partial charge in [-0.2, -0.15) is 0 Å². The van der Waals surface area contributed by atoms with E-state index in [9.17, 15) is 9.90 Å². The molecule has 17 heavy (non-hydrogen) atoms. The van der Waals surface area contributed by atoms with Gasteiger partial charge in [0.15, 0.2) is 0 Å². The van der Waals surface area contributed by atoms with Crippen molar-refractivity contribution in [1.82, 2.24) is 5.32 Å². The molecule has 94 valence electrons. The number of benzene rings is 1. The van der Waals surface area contributed by atoms with Crippen molar-refractivity contribution in [2.45, 2.75) is 18.6 Å². The van der Waals surface area contributed by atoms with Crippen molar-refractivity contribution in [1.29, 1.82) is 0 Å². The summed E-state index contributed by atoms with van der Waals surface area (Å²) in [5.41, 5.74) is 7.08. The third-order valence-corrected chi connectivity index (χ3v) is 2.53. The molecule has 0 aliphatic heterocycles. The molecule has 0 fully saturated rings. The number of nitrogens with two attached hydrogens (primary N) is 1. The van der Waals surface area contributed by atoms with Crippen molar-refractivity contribution in [3.8, 4) is 0 Å². The molecule has 1 aromatic rings. The van der Waals surface area contributed by atoms with Gasteiger partial charge < -0.3 is 21.3 Å². The average Bonchev–Trinajstić information content (AvgIpc) is 2.30. The minimum atomic E-state index is -1.01. The summed E-state index contributed by atoms with van der Waals surface area (Å²) in [6.07, 6.45) is -0.264. The van der Waals surface area contributed by atoms with E-state index in [0.717, 1.165) is 11.1 Å². The Morgan fingerprint density at radius 2 is 2.00 bits per heavy atom. The second-order valence-corrected chi connectivity index (χ2v) is 3.96. The minimum Gasteiger partial charge on any atom is -0.480 e. The summed E-state index contributed by atoms with van der Waals surface area (Å²) >= 11 is 0. The van der Waals surface area contributed by atoms with Crippen LogP contribution in [0.1, 0.15) is 17.2 Å². The van der Waals surface area contributed by atoms with Gasteiger partial charge in [-0.25, -0.2) is 0 Å². The number of carboxylic acid groups (broad SMARTS) is 1. The standard InChI is InChI=1S/C12H18N2O3/c1-14-7-11(15)9-4-2-8(3-5-9)6-10(13)12(16)17/h2-5,10-11,14-15H,6-7,13H2,1H3,(H,16,17)/t10-,11?/m0/s1. The molecular formula is C12H18N2O3. The maximum absolute atomic E-state index is 10.6. The van der Waals surface area contributed by atoms with Crippen molar-refractivity contribution >= 4 is 5.97 Å². The first kappa shape index (κ1) is 13.6. The van der Waals surface area contributed by atoms with Crippen LogP contribution in [0.2, 0.25) is 0 Å². The molecule has 5 nitrogen and oxygen atoms in total. The summed E-state index contributed by atoms with van der Waals surface area (Å²) in [5.74, 6) is -1.01. The molecule has 2 atom stereocenters. The third kappa shape index (κ3) is 4.14. The molecule has 1 unspecified atom stereocenters. The summed E-state index contributed by atoms with van der Waals surface area (Å²) in [5, 5.41) is 21.3. The van der Waals surface area contributed by atoms with Crippen LogP contribution in [-0.2, 0) is 11.2 Å². The monoisotopic (exact) mass is 238 g/mol. The summed E-state index contributed by atoms with van der Waals surface area (Å²) < 4.78 is 0. The van der Waals surface area contributed by atoms with Gasteiger partial charge in [0.1, 0.15) is 6.04 Å². The molecule has 0 spiro atoms. The number of hydrogen-bond donors (Lipinski definition) is 4. The van der Waals surface area contributed by atoms with Crippen molar-refractivity contribution in [3.05, 3.63) is 35.4 Å². The first-order valence-electron chi connectivity index (χ1n) is 5.44. The number of carbonyl (C=O) groups is 1. The molecule has 1 rings (SSSR count). The maximum atomic E-state index is 10.6. The molecule has 0 aliphatic rings. The van der Waals surface area contributed by atoms with Crippen LogP contribution in [0.25, 0.3) is 0 Å². The lowest BCUT2D eigenvalue weighted by Crippen LogP contribution is -2.32. The lowest BCUT2D eigenvalue weighted by molar-refractivity contribution is -0.138. The molecule has 0 saturated carbocycles. The molecular weight excluding hydrogens is 220 g/mol. The lowest BCUT2D eigenvalue weighted by Gasteiger charge is -2.11. The molecule has 0 aliphatic carbocycles. The van der Waals surface area contributed by atoms with Crippen molar-refractivity contribution in [2.24, 2.45) is 5.73 Å². The van der Waals surface area contributed by atoms with E-state index >= 15 is 0 Å². The molecule has 0 radical (unpaired) electrons. The first-order valence-corrected chi connectivity index (χ1v) is 5.44. The van der Waals surface area contributed by atoms with Gasteiger partial charge in [-0.3, -0.25) is 4.79 Å². The van der Waals surface area contributed by atoms with Crippen molar-refractivity contribution in [3.63, 3.8) is 0 Å². The van der Waals surface area contributed by atoms with E-state index in [0.29, 0.717) is 6.54 Å². The Bertz CT molecular complexity index is 365. The Morgan fingerprint density at radius 3 is 2.47 bits per heavy atom. The number of aliphatic carboxylic acids is 1. The summed E-state index contributed by atoms with van der Waals surface area (Å²) in [4.78, 5) is 10.6. The van der Waals surface area contributed by atoms with E-state index in [1.807, 2.05) is 0 Å². The molecule has 0 aromatic heterocycles. The topological polar surface area (TPSA) is 95.6 Å². The fourth-order valence-electron chi connectivity index (χ4n) is 1.53. The van der Waals surface area contributed by atoms with Crippen LogP contribution in [-0.4, -0.2) is 35.8 Å². The number of aliphatic hydroxyl groups excluding tert-OH is 1. The molecule has 1 aromatic carbocycles. The second kappa shape index (κ2) is 6.34. The molecule has 5 heteroatoms. The summed E-state index contributed by atoms with van der Waals surface area (Å²) in [6, 6.07) is 6.26. The number of aliphatic hydroxyl groups is 1. The normalized spacial score (nSPS) is 14.3. The van der Waals surface area contributed by atoms with Crippen LogP contribution in [0.15, 0.2) is 24.3 Å². The van der Waals surface area contributed by atoms with Crippen LogP contribution in [0.3, 0.4) is 0 Å². The van der Waals surface area contributed by atoms with Gasteiger partial charge in [-0.1, -0.05) is 24.3 Å². The highest BCUT2D eigenvalue weighted by atomic mass is 16.4. The summed E-state index contributed by atoms with van der Waals surface area (Å²) in [6.45, 7) is 0.480. The molecule has 0 bridgehead atoms. The van der Waals surface area contributed by atoms with E-state index in [1.54, 1.807) is 31.3 Å². The highest BCUT2D eigenvalue weighted by Gasteiger charge is 2.12. The predicted molar refractivity (Wildman–Crippen MR) is 64.6 cm³/mol. The lowest BCUT2D eigenvalue weighted by atomic mass is 10.0. The third-order valence-electron chi connectivity index (χ3n) is 2.53. The van der Waals surface area contributed by atoms with Crippen molar-refractivity contribution in [2.75, 3.05) is 13.6 Å². The fraction of sp³-hybridized carbons (Fsp3) is 0.417. The van der Waals surface area contributed by atoms with Gasteiger partial charge >= 0.3 is 5.97 Å². The zero-order valence-corrected chi connectivity index (χ0v) is 9.76. The largest absolute Gasteiger partial charge is 0.480 e. The van der Waals surface area contributed by atoms with E-state index in [-0.39, 0.29) is 6.42 Å². The van der Waals surface area contributed by atoms with Gasteiger partial charge in [-0.05, 0) is 24.6 Å². The zero-order valence-electron chi connectivity index (χ0n) is 9.76. The highest BCUT2D eigenvalue weighted by Crippen LogP contribution is 2.13. The average molecular weight is 238 g/mol. The van der Waals surface area contributed by atoms with E-state index in [4.69, 9.17) is 10.8 Å². The quantitative estimate of drug-likeness (QED) is 0.555. The van der Waals surface area contributed by atoms with Gasteiger partial charge in [0.2, 0.25) is 0 Å². The van der Waals surface area contributed by atoms with Gasteiger partial charge in [0, 0.05) is 6.54 Å². The molecule has 0 amide bonds. The zero-order chi connectivity index (χ0) is 12.8. The van der Waals surface area contributed by atoms with E-state index in [1.165, 1.54) is 0 Å². The second-order valence-electron chi connectivity index (χ2n) is 3.96. The van der Waals surface area contributed by atoms with Crippen LogP contribution < -0.4 is 11.1 Å². The molecule has 0 saturated heterocycles. The Kier molecular flexibility index (Phi) is 5.09. The summed E-state index contributed by atoms with van der Waals surface area (Å²) in [7, 11) is 1.77. The van der Waals surface area contributed by atoms with Crippen LogP contribution in [0.5, 0.6) is 0 Å². The Morgan fingerprint density at radius 1 is 1.41 bits per heavy atom. The SMILES string of the molecule is CNCC(O)c1ccc(C[C@H](N)C(=O)O)cc1. The predicted octanol–water partition coefficient (Wildman–Crippen LogP) is -0.106. The fourth-order valence-corrected chi connectivity index (χ4v) is 1.53. The number of hydrogen-bond acceptors (Lipinski definition) is 4.